The van der Waals surface area contributed by atoms with E-state index in [4.69, 9.17) is 4.74 Å². The first kappa shape index (κ1) is 17.7. The molecule has 0 amide bonds. The van der Waals surface area contributed by atoms with Gasteiger partial charge in [-0.25, -0.2) is 0 Å². The van der Waals surface area contributed by atoms with Crippen LogP contribution in [0.2, 0.25) is 0 Å². The van der Waals surface area contributed by atoms with Crippen molar-refractivity contribution < 1.29 is 18.5 Å². The molecule has 0 unspecified atom stereocenters. The third-order valence-electron chi connectivity index (χ3n) is 1.69. The summed E-state index contributed by atoms with van der Waals surface area (Å²) in [4.78, 5) is 20.4. The predicted molar refractivity (Wildman–Crippen MR) is 66.1 cm³/mol. The first-order valence-corrected chi connectivity index (χ1v) is 5.98. The molecule has 0 saturated heterocycles. The third kappa shape index (κ3) is 15.7. The summed E-state index contributed by atoms with van der Waals surface area (Å²) >= 11 is 3.25. The number of hydrogen-bond donors (Lipinski definition) is 1. The highest BCUT2D eigenvalue weighted by Crippen LogP contribution is 1.95. The van der Waals surface area contributed by atoms with E-state index in [2.05, 4.69) is 24.0 Å². The molecule has 0 aliphatic rings. The van der Waals surface area contributed by atoms with Crippen molar-refractivity contribution >= 4 is 24.8 Å². The lowest BCUT2D eigenvalue weighted by atomic mass is 10.3. The molecule has 0 radical (unpaired) electrons. The largest absolute Gasteiger partial charge is 0.466 e. The molecule has 5 heteroatoms. The summed E-state index contributed by atoms with van der Waals surface area (Å²) in [5.74, 6) is -0.380. The molecular formula is C11H22O4S. The van der Waals surface area contributed by atoms with Crippen molar-refractivity contribution in [2.45, 2.75) is 52.9 Å². The normalized spacial score (nSPS) is 8.75. The summed E-state index contributed by atoms with van der Waals surface area (Å²) in [5.41, 5.74) is 0. The van der Waals surface area contributed by atoms with Crippen molar-refractivity contribution in [1.82, 2.24) is 0 Å². The number of esters is 1. The van der Waals surface area contributed by atoms with Gasteiger partial charge in [-0.05, 0) is 6.42 Å². The fraction of sp³-hybridized carbons (Fsp3) is 0.818. The highest BCUT2D eigenvalue weighted by atomic mass is 32.1. The summed E-state index contributed by atoms with van der Waals surface area (Å²) < 4.78 is 8.81. The van der Waals surface area contributed by atoms with E-state index in [1.165, 1.54) is 6.42 Å². The number of carbonyl (C=O) groups is 2. The van der Waals surface area contributed by atoms with Crippen LogP contribution in [0, 0.1) is 0 Å². The van der Waals surface area contributed by atoms with Gasteiger partial charge in [-0.15, -0.1) is 0 Å². The number of thiol groups is 1. The van der Waals surface area contributed by atoms with Crippen LogP contribution < -0.4 is 0 Å². The van der Waals surface area contributed by atoms with Crippen molar-refractivity contribution in [2.24, 2.45) is 0 Å². The van der Waals surface area contributed by atoms with E-state index in [1.807, 2.05) is 6.92 Å². The molecule has 0 N–H and O–H groups in total. The van der Waals surface area contributed by atoms with Crippen LogP contribution >= 0.6 is 12.9 Å². The molecule has 0 aromatic heterocycles. The molecule has 96 valence electrons. The van der Waals surface area contributed by atoms with Gasteiger partial charge in [0.05, 0.1) is 6.61 Å². The zero-order chi connectivity index (χ0) is 12.8. The molecule has 4 nitrogen and oxygen atoms in total. The van der Waals surface area contributed by atoms with E-state index in [9.17, 15) is 9.59 Å². The van der Waals surface area contributed by atoms with Crippen molar-refractivity contribution in [3.05, 3.63) is 0 Å². The second kappa shape index (κ2) is 14.3. The average molecular weight is 250 g/mol. The Labute approximate surface area is 103 Å². The van der Waals surface area contributed by atoms with Crippen LogP contribution in [0.4, 0.5) is 0 Å². The molecule has 0 fully saturated rings. The second-order valence-corrected chi connectivity index (χ2v) is 3.28. The van der Waals surface area contributed by atoms with Gasteiger partial charge in [0.25, 0.3) is 0 Å². The molecule has 0 heterocycles. The van der Waals surface area contributed by atoms with Crippen molar-refractivity contribution in [2.75, 3.05) is 6.61 Å². The molecule has 16 heavy (non-hydrogen) atoms. The average Bonchev–Trinajstić information content (AvgIpc) is 2.34. The zero-order valence-electron chi connectivity index (χ0n) is 10.3. The van der Waals surface area contributed by atoms with Gasteiger partial charge in [0.15, 0.2) is 0 Å². The second-order valence-electron chi connectivity index (χ2n) is 3.10. The Kier molecular flexibility index (Phi) is 15.8. The van der Waals surface area contributed by atoms with Crippen LogP contribution in [0.5, 0.6) is 0 Å². The zero-order valence-corrected chi connectivity index (χ0v) is 11.2. The van der Waals surface area contributed by atoms with Gasteiger partial charge in [0.1, 0.15) is 0 Å². The Morgan fingerprint density at radius 2 is 1.56 bits per heavy atom. The Morgan fingerprint density at radius 3 is 1.88 bits per heavy atom. The van der Waals surface area contributed by atoms with E-state index in [-0.39, 0.29) is 11.9 Å². The van der Waals surface area contributed by atoms with Crippen LogP contribution in [0.1, 0.15) is 52.9 Å². The van der Waals surface area contributed by atoms with Crippen LogP contribution in [-0.2, 0) is 18.5 Å². The van der Waals surface area contributed by atoms with E-state index < -0.39 is 0 Å². The molecule has 0 spiro atoms. The quantitative estimate of drug-likeness (QED) is 0.341. The summed E-state index contributed by atoms with van der Waals surface area (Å²) in [6.07, 6.45) is 4.21. The fourth-order valence-corrected chi connectivity index (χ4v) is 0.834. The molecule has 0 bridgehead atoms. The summed E-state index contributed by atoms with van der Waals surface area (Å²) in [6.45, 7) is 6.24. The monoisotopic (exact) mass is 250 g/mol. The first-order chi connectivity index (χ1) is 7.62. The molecule has 0 aromatic rings. The summed E-state index contributed by atoms with van der Waals surface area (Å²) in [7, 11) is 0. The maximum absolute atomic E-state index is 10.6. The topological polar surface area (TPSA) is 52.6 Å². The van der Waals surface area contributed by atoms with Crippen LogP contribution in [-0.4, -0.2) is 18.5 Å². The molecule has 0 aliphatic heterocycles. The number of carbonyl (C=O) groups excluding carboxylic acids is 2. The maximum Gasteiger partial charge on any atom is 0.317 e. The highest BCUT2D eigenvalue weighted by molar-refractivity contribution is 7.75. The Hall–Kier alpha value is -0.710. The molecular weight excluding hydrogens is 228 g/mol. The minimum atomic E-state index is -0.293. The molecule has 0 saturated carbocycles. The lowest BCUT2D eigenvalue weighted by Gasteiger charge is -2.00. The number of hydrogen-bond acceptors (Lipinski definition) is 5. The lowest BCUT2D eigenvalue weighted by Crippen LogP contribution is -2.03. The van der Waals surface area contributed by atoms with Crippen LogP contribution in [0.3, 0.4) is 0 Å². The standard InChI is InChI=1S/C8H16O2.C3H6O2S/c1-3-5-6-7-10-8(9)4-2;1-2-3(4)5-6/h3-7H2,1-2H3;6H,2H2,1H3. The number of unbranched alkanes of at least 4 members (excludes halogenated alkanes) is 2. The maximum atomic E-state index is 10.6. The smallest absolute Gasteiger partial charge is 0.317 e. The van der Waals surface area contributed by atoms with Gasteiger partial charge in [-0.3, -0.25) is 9.59 Å². The minimum absolute atomic E-state index is 0.0869. The predicted octanol–water partition coefficient (Wildman–Crippen LogP) is 2.91. The number of ether oxygens (including phenoxy) is 1. The summed E-state index contributed by atoms with van der Waals surface area (Å²) in [6, 6.07) is 0. The van der Waals surface area contributed by atoms with E-state index in [1.54, 1.807) is 6.92 Å². The van der Waals surface area contributed by atoms with E-state index in [0.717, 1.165) is 12.8 Å². The molecule has 0 aromatic carbocycles. The van der Waals surface area contributed by atoms with Gasteiger partial charge in [-0.1, -0.05) is 33.6 Å². The minimum Gasteiger partial charge on any atom is -0.466 e. The van der Waals surface area contributed by atoms with Crippen molar-refractivity contribution in [3.8, 4) is 0 Å². The molecule has 0 aliphatic carbocycles. The van der Waals surface area contributed by atoms with Crippen LogP contribution in [0.15, 0.2) is 0 Å². The highest BCUT2D eigenvalue weighted by Gasteiger charge is 1.95. The van der Waals surface area contributed by atoms with Crippen molar-refractivity contribution in [1.29, 1.82) is 0 Å². The summed E-state index contributed by atoms with van der Waals surface area (Å²) in [5, 5.41) is 0. The Balaban J connectivity index is 0. The SMILES string of the molecule is CCC(=O)OS.CCCCCOC(=O)CC. The molecule has 0 atom stereocenters. The lowest BCUT2D eigenvalue weighted by molar-refractivity contribution is -0.143. The van der Waals surface area contributed by atoms with Gasteiger partial charge in [-0.2, -0.15) is 0 Å². The van der Waals surface area contributed by atoms with Crippen LogP contribution in [0.25, 0.3) is 0 Å². The van der Waals surface area contributed by atoms with E-state index >= 15 is 0 Å². The fourth-order valence-electron chi connectivity index (χ4n) is 0.705. The Morgan fingerprint density at radius 1 is 1.00 bits per heavy atom. The Bertz CT molecular complexity index is 177. The van der Waals surface area contributed by atoms with Gasteiger partial charge in [0.2, 0.25) is 0 Å². The van der Waals surface area contributed by atoms with Gasteiger partial charge < -0.3 is 8.92 Å². The van der Waals surface area contributed by atoms with Crippen molar-refractivity contribution in [3.63, 3.8) is 0 Å². The van der Waals surface area contributed by atoms with E-state index in [0.29, 0.717) is 19.4 Å². The van der Waals surface area contributed by atoms with Gasteiger partial charge >= 0.3 is 11.9 Å². The van der Waals surface area contributed by atoms with Gasteiger partial charge in [0, 0.05) is 25.8 Å². The third-order valence-corrected chi connectivity index (χ3v) is 1.89. The first-order valence-electron chi connectivity index (χ1n) is 5.62. The number of rotatable bonds is 6. The molecule has 0 rings (SSSR count).